The van der Waals surface area contributed by atoms with E-state index in [-0.39, 0.29) is 22.5 Å². The lowest BCUT2D eigenvalue weighted by Gasteiger charge is -2.40. The van der Waals surface area contributed by atoms with Gasteiger partial charge in [-0.1, -0.05) is 41.5 Å². The standard InChI is InChI=1S/C26H44FN7O3SSi2/c1-25(2,3)39(8,9)35-13-16-20(37-40(10,11)26(4,5)6)19(27)24(36-16)34-22-18(21(28)30-14-31-22)23(32-34)38-17-12-29-15-33(17)7/h12,14-16,19-20,24H,13H2,1-11H3,(H2,28,30,31)/t16-,19+,20?,24-/m1/s1. The van der Waals surface area contributed by atoms with Gasteiger partial charge < -0.3 is 23.9 Å². The molecule has 0 aromatic carbocycles. The van der Waals surface area contributed by atoms with Gasteiger partial charge >= 0.3 is 0 Å². The second-order valence-electron chi connectivity index (χ2n) is 13.6. The molecule has 0 saturated carbocycles. The normalized spacial score (nSPS) is 22.9. The summed E-state index contributed by atoms with van der Waals surface area (Å²) >= 11 is 1.36. The van der Waals surface area contributed by atoms with Gasteiger partial charge in [0, 0.05) is 7.05 Å². The van der Waals surface area contributed by atoms with Crippen LogP contribution in [0.5, 0.6) is 0 Å². The smallest absolute Gasteiger partial charge is 0.192 e. The van der Waals surface area contributed by atoms with E-state index in [1.54, 1.807) is 12.5 Å². The van der Waals surface area contributed by atoms with Crippen LogP contribution in [0.4, 0.5) is 10.2 Å². The lowest BCUT2D eigenvalue weighted by Crippen LogP contribution is -2.50. The molecule has 3 aromatic heterocycles. The zero-order chi connectivity index (χ0) is 29.8. The van der Waals surface area contributed by atoms with Gasteiger partial charge in [-0.25, -0.2) is 24.0 Å². The molecule has 0 bridgehead atoms. The first-order chi connectivity index (χ1) is 18.3. The summed E-state index contributed by atoms with van der Waals surface area (Å²) in [6, 6.07) is 0. The topological polar surface area (TPSA) is 115 Å². The van der Waals surface area contributed by atoms with E-state index in [1.165, 1.54) is 22.8 Å². The highest BCUT2D eigenvalue weighted by Gasteiger charge is 2.53. The maximum Gasteiger partial charge on any atom is 0.192 e. The minimum atomic E-state index is -2.36. The summed E-state index contributed by atoms with van der Waals surface area (Å²) in [5, 5.41) is 6.61. The van der Waals surface area contributed by atoms with E-state index < -0.39 is 41.2 Å². The van der Waals surface area contributed by atoms with Crippen molar-refractivity contribution in [1.82, 2.24) is 29.3 Å². The Morgan fingerprint density at radius 2 is 1.73 bits per heavy atom. The fraction of sp³-hybridized carbons (Fsp3) is 0.692. The molecule has 222 valence electrons. The van der Waals surface area contributed by atoms with E-state index in [0.717, 1.165) is 5.03 Å². The molecule has 1 unspecified atom stereocenters. The van der Waals surface area contributed by atoms with Gasteiger partial charge in [0.2, 0.25) is 0 Å². The third kappa shape index (κ3) is 5.88. The molecule has 4 rings (SSSR count). The van der Waals surface area contributed by atoms with Gasteiger partial charge in [0.1, 0.15) is 34.4 Å². The number of anilines is 1. The summed E-state index contributed by atoms with van der Waals surface area (Å²) in [7, 11) is -2.59. The van der Waals surface area contributed by atoms with Crippen molar-refractivity contribution < 1.29 is 18.0 Å². The van der Waals surface area contributed by atoms with Crippen LogP contribution in [0.2, 0.25) is 36.3 Å². The van der Waals surface area contributed by atoms with Crippen LogP contribution in [0.15, 0.2) is 28.9 Å². The first-order valence-corrected chi connectivity index (χ1v) is 20.2. The molecule has 10 nitrogen and oxygen atoms in total. The molecule has 3 aromatic rings. The van der Waals surface area contributed by atoms with E-state index in [0.29, 0.717) is 16.1 Å². The molecule has 0 aliphatic carbocycles. The second kappa shape index (κ2) is 10.8. The van der Waals surface area contributed by atoms with Gasteiger partial charge in [-0.2, -0.15) is 5.10 Å². The van der Waals surface area contributed by atoms with Gasteiger partial charge in [-0.3, -0.25) is 0 Å². The van der Waals surface area contributed by atoms with Crippen LogP contribution >= 0.6 is 11.8 Å². The van der Waals surface area contributed by atoms with E-state index in [9.17, 15) is 0 Å². The summed E-state index contributed by atoms with van der Waals surface area (Å²) in [6.45, 7) is 21.8. The molecule has 0 radical (unpaired) electrons. The van der Waals surface area contributed by atoms with Gasteiger partial charge in [0.05, 0.1) is 24.5 Å². The lowest BCUT2D eigenvalue weighted by molar-refractivity contribution is -0.0474. The van der Waals surface area contributed by atoms with Crippen molar-refractivity contribution in [2.45, 2.75) is 112 Å². The number of rotatable bonds is 8. The Bertz CT molecular complexity index is 1350. The number of aromatic nitrogens is 6. The molecule has 1 aliphatic rings. The maximum atomic E-state index is 16.6. The monoisotopic (exact) mass is 609 g/mol. The first kappa shape index (κ1) is 31.1. The number of imidazole rings is 1. The fourth-order valence-corrected chi connectivity index (χ4v) is 7.20. The molecule has 1 fully saturated rings. The molecule has 0 amide bonds. The molecule has 1 aliphatic heterocycles. The average molecular weight is 610 g/mol. The minimum absolute atomic E-state index is 0.000458. The van der Waals surface area contributed by atoms with E-state index in [1.807, 2.05) is 11.6 Å². The highest BCUT2D eigenvalue weighted by molar-refractivity contribution is 7.99. The Kier molecular flexibility index (Phi) is 8.37. The number of nitrogen functional groups attached to an aromatic ring is 1. The number of hydrogen-bond acceptors (Lipinski definition) is 9. The number of hydrogen-bond donors (Lipinski definition) is 1. The molecule has 0 spiro atoms. The minimum Gasteiger partial charge on any atom is -0.414 e. The van der Waals surface area contributed by atoms with Crippen LogP contribution in [0.25, 0.3) is 11.0 Å². The SMILES string of the molecule is Cn1cncc1Sc1nn([C@@H]2O[C@H](CO[Si](C)(C)C(C)(C)C)C(O[Si](C)(C)C(C)(C)C)[C@@H]2F)c2ncnc(N)c12. The third-order valence-corrected chi connectivity index (χ3v) is 18.7. The number of halogens is 1. The van der Waals surface area contributed by atoms with Crippen LogP contribution in [0.3, 0.4) is 0 Å². The highest BCUT2D eigenvalue weighted by atomic mass is 32.2. The zero-order valence-corrected chi connectivity index (χ0v) is 28.3. The van der Waals surface area contributed by atoms with Gasteiger partial charge in [0.15, 0.2) is 34.7 Å². The van der Waals surface area contributed by atoms with Crippen molar-refractivity contribution in [2.24, 2.45) is 7.05 Å². The molecular weight excluding hydrogens is 566 g/mol. The molecule has 40 heavy (non-hydrogen) atoms. The van der Waals surface area contributed by atoms with Crippen LogP contribution in [-0.4, -0.2) is 70.9 Å². The van der Waals surface area contributed by atoms with Crippen molar-refractivity contribution in [1.29, 1.82) is 0 Å². The first-order valence-electron chi connectivity index (χ1n) is 13.6. The number of alkyl halides is 1. The quantitative estimate of drug-likeness (QED) is 0.310. The Morgan fingerprint density at radius 3 is 2.30 bits per heavy atom. The fourth-order valence-electron chi connectivity index (χ4n) is 3.95. The van der Waals surface area contributed by atoms with Crippen molar-refractivity contribution >= 4 is 45.2 Å². The number of aryl methyl sites for hydroxylation is 1. The predicted octanol–water partition coefficient (Wildman–Crippen LogP) is 5.94. The summed E-state index contributed by atoms with van der Waals surface area (Å²) < 4.78 is 39.6. The number of ether oxygens (including phenoxy) is 1. The molecule has 1 saturated heterocycles. The van der Waals surface area contributed by atoms with E-state index in [4.69, 9.17) is 24.4 Å². The third-order valence-electron chi connectivity index (χ3n) is 8.62. The molecular formula is C26H44FN7O3SSi2. The molecule has 14 heteroatoms. The summed E-state index contributed by atoms with van der Waals surface area (Å²) in [5.74, 6) is 0.265. The Balaban J connectivity index is 1.73. The van der Waals surface area contributed by atoms with Crippen molar-refractivity contribution in [3.8, 4) is 0 Å². The van der Waals surface area contributed by atoms with Gasteiger partial charge in [-0.15, -0.1) is 0 Å². The molecule has 4 heterocycles. The van der Waals surface area contributed by atoms with E-state index >= 15 is 4.39 Å². The Hall–Kier alpha value is -1.85. The van der Waals surface area contributed by atoms with Crippen molar-refractivity contribution in [3.05, 3.63) is 18.9 Å². The highest BCUT2D eigenvalue weighted by Crippen LogP contribution is 2.45. The summed E-state index contributed by atoms with van der Waals surface area (Å²) in [4.78, 5) is 12.8. The van der Waals surface area contributed by atoms with Gasteiger partial charge in [-0.05, 0) is 48.0 Å². The lowest BCUT2D eigenvalue weighted by atomic mass is 10.1. The van der Waals surface area contributed by atoms with E-state index in [2.05, 4.69) is 82.7 Å². The predicted molar refractivity (Wildman–Crippen MR) is 161 cm³/mol. The Morgan fingerprint density at radius 1 is 1.07 bits per heavy atom. The summed E-state index contributed by atoms with van der Waals surface area (Å²) in [6.07, 6.45) is 0.790. The molecule has 2 N–H and O–H groups in total. The van der Waals surface area contributed by atoms with Gasteiger partial charge in [0.25, 0.3) is 0 Å². The number of nitrogens with zero attached hydrogens (tertiary/aromatic N) is 6. The largest absolute Gasteiger partial charge is 0.414 e. The van der Waals surface area contributed by atoms with Crippen LogP contribution < -0.4 is 5.73 Å². The van der Waals surface area contributed by atoms with Crippen LogP contribution in [-0.2, 0) is 20.6 Å². The number of fused-ring (bicyclic) bond motifs is 1. The average Bonchev–Trinajstić information content (AvgIpc) is 3.48. The number of nitrogens with two attached hydrogens (primary N) is 1. The maximum absolute atomic E-state index is 16.6. The van der Waals surface area contributed by atoms with Crippen LogP contribution in [0, 0.1) is 0 Å². The van der Waals surface area contributed by atoms with Crippen molar-refractivity contribution in [2.75, 3.05) is 12.3 Å². The second-order valence-corrected chi connectivity index (χ2v) is 24.2. The summed E-state index contributed by atoms with van der Waals surface area (Å²) in [5.41, 5.74) is 6.69. The van der Waals surface area contributed by atoms with Crippen molar-refractivity contribution in [3.63, 3.8) is 0 Å². The van der Waals surface area contributed by atoms with Crippen LogP contribution in [0.1, 0.15) is 47.8 Å². The zero-order valence-electron chi connectivity index (χ0n) is 25.5. The Labute approximate surface area is 242 Å². The molecule has 4 atom stereocenters.